The highest BCUT2D eigenvalue weighted by Gasteiger charge is 2.93. The van der Waals surface area contributed by atoms with Crippen molar-refractivity contribution in [3.63, 3.8) is 0 Å². The van der Waals surface area contributed by atoms with Gasteiger partial charge in [-0.15, -0.1) is 0 Å². The van der Waals surface area contributed by atoms with E-state index in [0.717, 1.165) is 39.0 Å². The van der Waals surface area contributed by atoms with Crippen LogP contribution in [-0.2, 0) is 23.7 Å². The number of methoxy groups -OCH3 is 1. The number of hydrogen-bond donors (Lipinski definition) is 1. The molecular weight excluding hydrogens is 516 g/mol. The summed E-state index contributed by atoms with van der Waals surface area (Å²) >= 11 is 0. The Kier molecular flexibility index (Phi) is 6.31. The molecule has 8 rings (SSSR count). The van der Waals surface area contributed by atoms with E-state index in [9.17, 15) is 4.79 Å². The predicted octanol–water partition coefficient (Wildman–Crippen LogP) is 4.13. The van der Waals surface area contributed by atoms with E-state index in [1.807, 2.05) is 6.08 Å². The summed E-state index contributed by atoms with van der Waals surface area (Å²) in [5.41, 5.74) is 9.86. The van der Waals surface area contributed by atoms with Crippen LogP contribution in [0.4, 0.5) is 0 Å². The number of rotatable bonds is 9. The van der Waals surface area contributed by atoms with Gasteiger partial charge in [-0.25, -0.2) is 0 Å². The molecule has 228 valence electrons. The molecule has 7 heteroatoms. The molecule has 0 amide bonds. The smallest absolute Gasteiger partial charge is 0.155 e. The topological polar surface area (TPSA) is 83.2 Å². The van der Waals surface area contributed by atoms with Crippen molar-refractivity contribution in [1.82, 2.24) is 4.90 Å². The molecule has 2 heterocycles. The summed E-state index contributed by atoms with van der Waals surface area (Å²) in [4.78, 5) is 15.1. The molecule has 3 spiro atoms. The van der Waals surface area contributed by atoms with Crippen molar-refractivity contribution in [1.29, 1.82) is 0 Å². The Morgan fingerprint density at radius 1 is 1.05 bits per heavy atom. The molecule has 2 saturated heterocycles. The average molecular weight is 569 g/mol. The SMILES string of the molecule is COCCOCCOCCN1C[C@@H](C)C[C@H]2O[C@@]34CC[C@@H]5C6(C[C@H]7[C@@]5(N)CCC5=CC(=O)CC[C@@]57C)CC63C[C@@H]4[C@@H]21. The molecule has 0 bridgehead atoms. The van der Waals surface area contributed by atoms with Gasteiger partial charge < -0.3 is 24.7 Å². The Bertz CT molecular complexity index is 1130. The van der Waals surface area contributed by atoms with Gasteiger partial charge in [0.05, 0.1) is 44.7 Å². The second kappa shape index (κ2) is 9.34. The molecule has 2 aliphatic heterocycles. The first-order chi connectivity index (χ1) is 19.7. The summed E-state index contributed by atoms with van der Waals surface area (Å²) < 4.78 is 24.0. The summed E-state index contributed by atoms with van der Waals surface area (Å²) in [7, 11) is 1.70. The highest BCUT2D eigenvalue weighted by Crippen LogP contribution is 2.93. The maximum absolute atomic E-state index is 12.4. The minimum absolute atomic E-state index is 0.0702. The fourth-order valence-corrected chi connectivity index (χ4v) is 12.8. The molecular formula is C34H52N2O5. The highest BCUT2D eigenvalue weighted by atomic mass is 16.5. The van der Waals surface area contributed by atoms with Gasteiger partial charge in [0, 0.05) is 49.5 Å². The molecule has 11 atom stereocenters. The van der Waals surface area contributed by atoms with Crippen LogP contribution in [0.2, 0.25) is 0 Å². The largest absolute Gasteiger partial charge is 0.382 e. The van der Waals surface area contributed by atoms with Crippen LogP contribution in [0.25, 0.3) is 0 Å². The van der Waals surface area contributed by atoms with Crippen molar-refractivity contribution in [2.75, 3.05) is 53.2 Å². The van der Waals surface area contributed by atoms with Crippen LogP contribution in [0.5, 0.6) is 0 Å². The van der Waals surface area contributed by atoms with Gasteiger partial charge in [0.25, 0.3) is 0 Å². The van der Waals surface area contributed by atoms with E-state index in [1.165, 1.54) is 44.1 Å². The zero-order chi connectivity index (χ0) is 28.3. The predicted molar refractivity (Wildman–Crippen MR) is 155 cm³/mol. The van der Waals surface area contributed by atoms with Crippen molar-refractivity contribution in [3.05, 3.63) is 11.6 Å². The zero-order valence-corrected chi connectivity index (χ0v) is 25.6. The Morgan fingerprint density at radius 3 is 2.68 bits per heavy atom. The van der Waals surface area contributed by atoms with E-state index in [-0.39, 0.29) is 16.6 Å². The van der Waals surface area contributed by atoms with Crippen LogP contribution in [-0.4, -0.2) is 87.2 Å². The van der Waals surface area contributed by atoms with Crippen molar-refractivity contribution in [3.8, 4) is 0 Å². The molecule has 0 aromatic carbocycles. The molecule has 0 radical (unpaired) electrons. The lowest BCUT2D eigenvalue weighted by Gasteiger charge is -2.61. The van der Waals surface area contributed by atoms with Crippen LogP contribution >= 0.6 is 0 Å². The van der Waals surface area contributed by atoms with E-state index in [0.29, 0.717) is 85.3 Å². The van der Waals surface area contributed by atoms with E-state index < -0.39 is 0 Å². The van der Waals surface area contributed by atoms with Gasteiger partial charge in [-0.3, -0.25) is 9.69 Å². The molecule has 0 aromatic rings. The first kappa shape index (κ1) is 27.7. The van der Waals surface area contributed by atoms with Gasteiger partial charge in [0.1, 0.15) is 0 Å². The number of allylic oxidation sites excluding steroid dienone is 2. The lowest BCUT2D eigenvalue weighted by Crippen LogP contribution is -2.66. The number of likely N-dealkylation sites (tertiary alicyclic amines) is 1. The van der Waals surface area contributed by atoms with Crippen molar-refractivity contribution < 1.29 is 23.7 Å². The lowest BCUT2D eigenvalue weighted by molar-refractivity contribution is -0.211. The maximum Gasteiger partial charge on any atom is 0.155 e. The van der Waals surface area contributed by atoms with Gasteiger partial charge in [-0.1, -0.05) is 19.4 Å². The molecule has 8 aliphatic rings. The Labute approximate surface area is 246 Å². The quantitative estimate of drug-likeness (QED) is 0.419. The second-order valence-electron chi connectivity index (χ2n) is 15.8. The standard InChI is InChI=1S/C34H52N2O5/c1-22-16-26-29(36(20-22)10-11-39-14-15-40-13-12-38-3)25-18-32-21-31(32)19-28-30(2)7-5-24(37)17-23(30)4-8-33(28,35)27(31)6-9-34(25,32)41-26/h17,22,25-29H,4-16,18-21,35H2,1-3H3/t22-,25+,26+,27+,28+,29-,30-,31?,32?,33+,34+/m0/s1. The number of carbonyl (C=O) groups is 1. The summed E-state index contributed by atoms with van der Waals surface area (Å²) in [5.74, 6) is 2.79. The normalized spacial score (nSPS) is 52.7. The third-order valence-electron chi connectivity index (χ3n) is 14.4. The summed E-state index contributed by atoms with van der Waals surface area (Å²) in [6.45, 7) is 10.3. The molecule has 5 saturated carbocycles. The number of hydrogen-bond acceptors (Lipinski definition) is 7. The Morgan fingerprint density at radius 2 is 1.85 bits per heavy atom. The van der Waals surface area contributed by atoms with Crippen LogP contribution < -0.4 is 5.73 Å². The molecule has 41 heavy (non-hydrogen) atoms. The minimum atomic E-state index is -0.0702. The number of ketones is 1. The zero-order valence-electron chi connectivity index (χ0n) is 25.6. The molecule has 7 fully saturated rings. The average Bonchev–Trinajstić information content (AvgIpc) is 3.47. The third-order valence-corrected chi connectivity index (χ3v) is 14.4. The molecule has 2 unspecified atom stereocenters. The Hall–Kier alpha value is -0.830. The van der Waals surface area contributed by atoms with Gasteiger partial charge in [0.2, 0.25) is 0 Å². The molecule has 7 nitrogen and oxygen atoms in total. The van der Waals surface area contributed by atoms with Gasteiger partial charge in [-0.2, -0.15) is 0 Å². The minimum Gasteiger partial charge on any atom is -0.382 e. The van der Waals surface area contributed by atoms with Crippen LogP contribution in [0.3, 0.4) is 0 Å². The van der Waals surface area contributed by atoms with Crippen molar-refractivity contribution in [2.45, 2.75) is 101 Å². The number of nitrogens with two attached hydrogens (primary N) is 1. The van der Waals surface area contributed by atoms with E-state index >= 15 is 0 Å². The number of nitrogens with zero attached hydrogens (tertiary/aromatic N) is 1. The van der Waals surface area contributed by atoms with Gasteiger partial charge in [-0.05, 0) is 92.4 Å². The third kappa shape index (κ3) is 3.51. The number of ether oxygens (including phenoxy) is 4. The van der Waals surface area contributed by atoms with Crippen molar-refractivity contribution in [2.24, 2.45) is 45.7 Å². The van der Waals surface area contributed by atoms with Crippen LogP contribution in [0.15, 0.2) is 11.6 Å². The lowest BCUT2D eigenvalue weighted by atomic mass is 9.47. The highest BCUT2D eigenvalue weighted by molar-refractivity contribution is 5.91. The van der Waals surface area contributed by atoms with Gasteiger partial charge >= 0.3 is 0 Å². The fourth-order valence-electron chi connectivity index (χ4n) is 12.8. The van der Waals surface area contributed by atoms with E-state index in [2.05, 4.69) is 18.7 Å². The fraction of sp³-hybridized carbons (Fsp3) is 0.912. The van der Waals surface area contributed by atoms with Crippen molar-refractivity contribution >= 4 is 5.78 Å². The molecule has 0 aromatic heterocycles. The monoisotopic (exact) mass is 568 g/mol. The van der Waals surface area contributed by atoms with E-state index in [1.54, 1.807) is 7.11 Å². The first-order valence-electron chi connectivity index (χ1n) is 16.8. The Balaban J connectivity index is 0.988. The molecule has 2 N–H and O–H groups in total. The summed E-state index contributed by atoms with van der Waals surface area (Å²) in [5, 5.41) is 0. The van der Waals surface area contributed by atoms with Gasteiger partial charge in [0.15, 0.2) is 5.78 Å². The number of fused-ring (bicyclic) bond motifs is 6. The molecule has 6 aliphatic carbocycles. The van der Waals surface area contributed by atoms with E-state index in [4.69, 9.17) is 24.7 Å². The first-order valence-corrected chi connectivity index (χ1v) is 16.8. The van der Waals surface area contributed by atoms with Crippen LogP contribution in [0, 0.1) is 39.9 Å². The second-order valence-corrected chi connectivity index (χ2v) is 15.8. The maximum atomic E-state index is 12.4. The number of carbonyl (C=O) groups excluding carboxylic acids is 1. The number of piperidine rings is 1. The summed E-state index contributed by atoms with van der Waals surface area (Å²) in [6, 6.07) is 0.541. The summed E-state index contributed by atoms with van der Waals surface area (Å²) in [6.07, 6.45) is 13.8. The van der Waals surface area contributed by atoms with Crippen LogP contribution in [0.1, 0.15) is 78.1 Å².